The average molecular weight is 520 g/mol. The van der Waals surface area contributed by atoms with Crippen LogP contribution in [0.5, 0.6) is 0 Å². The SMILES string of the molecule is CCOC(=O)C(C)NP(=O)(OC[C@H]1O[C@@H](n2cnc3c(=O)[nH]c(C)nc32)[C@](C)(O)[C@@H]1O)SCC. The van der Waals surface area contributed by atoms with E-state index in [0.717, 1.165) is 11.4 Å². The molecule has 1 aliphatic heterocycles. The topological polar surface area (TPSA) is 178 Å². The largest absolute Gasteiger partial charge is 0.465 e. The van der Waals surface area contributed by atoms with Gasteiger partial charge in [0, 0.05) is 5.75 Å². The maximum atomic E-state index is 13.3. The Bertz CT molecular complexity index is 1140. The van der Waals surface area contributed by atoms with Crippen molar-refractivity contribution in [3.63, 3.8) is 0 Å². The van der Waals surface area contributed by atoms with Gasteiger partial charge in [-0.05, 0) is 27.7 Å². The predicted octanol–water partition coefficient (Wildman–Crippen LogP) is 0.856. The van der Waals surface area contributed by atoms with E-state index in [4.69, 9.17) is 14.0 Å². The Morgan fingerprint density at radius 3 is 2.85 bits per heavy atom. The van der Waals surface area contributed by atoms with E-state index in [-0.39, 0.29) is 24.4 Å². The first kappa shape index (κ1) is 26.8. The summed E-state index contributed by atoms with van der Waals surface area (Å²) in [5.74, 6) is 0.194. The molecular weight excluding hydrogens is 489 g/mol. The Morgan fingerprint density at radius 1 is 1.50 bits per heavy atom. The number of hydrogen-bond donors (Lipinski definition) is 4. The van der Waals surface area contributed by atoms with E-state index in [9.17, 15) is 24.4 Å². The third kappa shape index (κ3) is 5.38. The molecule has 3 rings (SSSR count). The number of carbonyl (C=O) groups is 1. The first-order chi connectivity index (χ1) is 15.9. The highest BCUT2D eigenvalue weighted by Crippen LogP contribution is 2.56. The van der Waals surface area contributed by atoms with Crippen LogP contribution in [-0.2, 0) is 23.4 Å². The number of aromatic amines is 1. The number of aryl methyl sites for hydroxylation is 1. The van der Waals surface area contributed by atoms with Crippen molar-refractivity contribution in [2.45, 2.75) is 64.7 Å². The lowest BCUT2D eigenvalue weighted by atomic mass is 9.96. The van der Waals surface area contributed by atoms with E-state index >= 15 is 0 Å². The van der Waals surface area contributed by atoms with Gasteiger partial charge in [0.05, 0.1) is 19.5 Å². The number of aromatic nitrogens is 4. The summed E-state index contributed by atoms with van der Waals surface area (Å²) in [6.45, 7) is 4.17. The van der Waals surface area contributed by atoms with Crippen LogP contribution in [-0.4, -0.2) is 78.5 Å². The van der Waals surface area contributed by atoms with Crippen LogP contribution in [0.1, 0.15) is 39.7 Å². The molecule has 0 aromatic carbocycles. The fraction of sp³-hybridized carbons (Fsp3) is 0.684. The molecule has 1 fully saturated rings. The normalized spacial score (nSPS) is 27.6. The minimum atomic E-state index is -3.59. The number of imidazole rings is 1. The molecule has 0 saturated carbocycles. The van der Waals surface area contributed by atoms with Crippen molar-refractivity contribution in [3.8, 4) is 0 Å². The number of nitrogens with one attached hydrogen (secondary N) is 2. The van der Waals surface area contributed by atoms with Crippen LogP contribution < -0.4 is 10.6 Å². The lowest BCUT2D eigenvalue weighted by Gasteiger charge is -2.27. The minimum Gasteiger partial charge on any atom is -0.465 e. The zero-order chi connectivity index (χ0) is 25.3. The molecular formula is C19H30N5O8PS. The van der Waals surface area contributed by atoms with Crippen molar-refractivity contribution in [3.05, 3.63) is 22.5 Å². The minimum absolute atomic E-state index is 0.0557. The van der Waals surface area contributed by atoms with Gasteiger partial charge in [0.25, 0.3) is 5.56 Å². The number of esters is 1. The molecule has 6 atom stereocenters. The molecule has 4 N–H and O–H groups in total. The van der Waals surface area contributed by atoms with E-state index in [2.05, 4.69) is 20.0 Å². The number of carbonyl (C=O) groups excluding carboxylic acids is 1. The summed E-state index contributed by atoms with van der Waals surface area (Å²) in [6.07, 6.45) is -2.37. The van der Waals surface area contributed by atoms with E-state index in [0.29, 0.717) is 11.6 Å². The Hall–Kier alpha value is -1.80. The second-order valence-corrected chi connectivity index (χ2v) is 12.6. The van der Waals surface area contributed by atoms with Crippen molar-refractivity contribution in [2.75, 3.05) is 19.0 Å². The quantitative estimate of drug-likeness (QED) is 0.257. The van der Waals surface area contributed by atoms with Crippen LogP contribution in [0.3, 0.4) is 0 Å². The summed E-state index contributed by atoms with van der Waals surface area (Å²) in [4.78, 5) is 35.0. The van der Waals surface area contributed by atoms with Crippen molar-refractivity contribution in [1.82, 2.24) is 24.6 Å². The van der Waals surface area contributed by atoms with Crippen LogP contribution >= 0.6 is 18.1 Å². The summed E-state index contributed by atoms with van der Waals surface area (Å²) in [5, 5.41) is 24.5. The molecule has 0 spiro atoms. The zero-order valence-electron chi connectivity index (χ0n) is 19.5. The molecule has 2 aromatic heterocycles. The van der Waals surface area contributed by atoms with E-state index in [1.165, 1.54) is 24.7 Å². The monoisotopic (exact) mass is 519 g/mol. The highest BCUT2D eigenvalue weighted by molar-refractivity contribution is 8.56. The smallest absolute Gasteiger partial charge is 0.327 e. The third-order valence-corrected chi connectivity index (χ3v) is 9.48. The third-order valence-electron chi connectivity index (χ3n) is 5.26. The molecule has 0 bridgehead atoms. The van der Waals surface area contributed by atoms with Gasteiger partial charge in [0.15, 0.2) is 17.4 Å². The molecule has 0 radical (unpaired) electrons. The highest BCUT2D eigenvalue weighted by Gasteiger charge is 2.54. The van der Waals surface area contributed by atoms with Crippen LogP contribution in [0, 0.1) is 6.92 Å². The van der Waals surface area contributed by atoms with Crippen LogP contribution in [0.4, 0.5) is 0 Å². The van der Waals surface area contributed by atoms with Gasteiger partial charge >= 0.3 is 12.7 Å². The van der Waals surface area contributed by atoms with E-state index < -0.39 is 48.3 Å². The number of H-pyrrole nitrogens is 1. The number of fused-ring (bicyclic) bond motifs is 1. The Morgan fingerprint density at radius 2 is 2.21 bits per heavy atom. The first-order valence-corrected chi connectivity index (χ1v) is 14.0. The standard InChI is InChI=1S/C19H30N5O8PS/c1-6-30-17(27)10(3)23-33(29,34-7-2)31-8-12-14(25)19(5,28)18(32-12)24-9-20-13-15(24)21-11(4)22-16(13)26/h9-10,12,14,18,25,28H,6-8H2,1-5H3,(H,23,29)(H,21,22,26)/t10?,12-,14-,18-,19-,33?/m1/s1. The van der Waals surface area contributed by atoms with Crippen LogP contribution in [0.15, 0.2) is 11.1 Å². The van der Waals surface area contributed by atoms with Gasteiger partial charge in [-0.2, -0.15) is 0 Å². The van der Waals surface area contributed by atoms with Crippen molar-refractivity contribution >= 4 is 35.2 Å². The second kappa shape index (κ2) is 10.4. The van der Waals surface area contributed by atoms with Gasteiger partial charge in [-0.25, -0.2) is 15.1 Å². The van der Waals surface area contributed by atoms with Crippen LogP contribution in [0.25, 0.3) is 11.2 Å². The maximum Gasteiger partial charge on any atom is 0.327 e. The molecule has 15 heteroatoms. The number of ether oxygens (including phenoxy) is 2. The summed E-state index contributed by atoms with van der Waals surface area (Å²) < 4.78 is 31.1. The summed E-state index contributed by atoms with van der Waals surface area (Å²) >= 11 is 0.982. The number of nitrogens with zero attached hydrogens (tertiary/aromatic N) is 3. The van der Waals surface area contributed by atoms with Gasteiger partial charge in [-0.3, -0.25) is 18.7 Å². The fourth-order valence-electron chi connectivity index (χ4n) is 3.60. The van der Waals surface area contributed by atoms with Crippen molar-refractivity contribution in [1.29, 1.82) is 0 Å². The predicted molar refractivity (Wildman–Crippen MR) is 124 cm³/mol. The molecule has 1 aliphatic rings. The highest BCUT2D eigenvalue weighted by atomic mass is 32.7. The second-order valence-electron chi connectivity index (χ2n) is 7.99. The van der Waals surface area contributed by atoms with Crippen molar-refractivity contribution in [2.24, 2.45) is 0 Å². The van der Waals surface area contributed by atoms with Gasteiger partial charge in [-0.15, -0.1) is 0 Å². The molecule has 190 valence electrons. The lowest BCUT2D eigenvalue weighted by Crippen LogP contribution is -2.44. The van der Waals surface area contributed by atoms with Crippen molar-refractivity contribution < 1.29 is 33.6 Å². The molecule has 2 unspecified atom stereocenters. The summed E-state index contributed by atoms with van der Waals surface area (Å²) in [7, 11) is 0. The lowest BCUT2D eigenvalue weighted by molar-refractivity contribution is -0.144. The first-order valence-electron chi connectivity index (χ1n) is 10.8. The Kier molecular flexibility index (Phi) is 8.23. The number of aliphatic hydroxyl groups excluding tert-OH is 1. The average Bonchev–Trinajstić information content (AvgIpc) is 3.26. The molecule has 13 nitrogen and oxygen atoms in total. The number of hydrogen-bond acceptors (Lipinski definition) is 11. The van der Waals surface area contributed by atoms with Gasteiger partial charge in [0.1, 0.15) is 29.7 Å². The maximum absolute atomic E-state index is 13.3. The summed E-state index contributed by atoms with van der Waals surface area (Å²) in [6, 6.07) is -0.889. The molecule has 0 aliphatic carbocycles. The molecule has 1 saturated heterocycles. The summed E-state index contributed by atoms with van der Waals surface area (Å²) in [5.41, 5.74) is -2.02. The Balaban J connectivity index is 1.79. The fourth-order valence-corrected chi connectivity index (χ4v) is 7.21. The van der Waals surface area contributed by atoms with Crippen LogP contribution in [0.2, 0.25) is 0 Å². The Labute approximate surface area is 199 Å². The number of rotatable bonds is 10. The van der Waals surface area contributed by atoms with Gasteiger partial charge < -0.3 is 29.2 Å². The van der Waals surface area contributed by atoms with Gasteiger partial charge in [-0.1, -0.05) is 18.3 Å². The van der Waals surface area contributed by atoms with Gasteiger partial charge in [0.2, 0.25) is 0 Å². The number of aliphatic hydroxyl groups is 2. The molecule has 34 heavy (non-hydrogen) atoms. The molecule has 0 amide bonds. The molecule has 3 heterocycles. The van der Waals surface area contributed by atoms with E-state index in [1.54, 1.807) is 20.8 Å². The molecule has 2 aromatic rings. The zero-order valence-corrected chi connectivity index (χ0v) is 21.3. The van der Waals surface area contributed by atoms with E-state index in [1.807, 2.05) is 0 Å².